The SMILES string of the molecule is COC(=O)COc1ccc2c(c1)OCC(=O)NCCOCCOCCNC(=O)CO2. The Bertz CT molecular complexity index is 711. The van der Waals surface area contributed by atoms with Gasteiger partial charge in [-0.05, 0) is 12.1 Å². The summed E-state index contributed by atoms with van der Waals surface area (Å²) in [4.78, 5) is 35.1. The molecular formula is C19H26N2O9. The van der Waals surface area contributed by atoms with E-state index in [4.69, 9.17) is 23.7 Å². The van der Waals surface area contributed by atoms with Gasteiger partial charge in [0.25, 0.3) is 11.8 Å². The first-order valence-electron chi connectivity index (χ1n) is 9.36. The van der Waals surface area contributed by atoms with Gasteiger partial charge in [-0.1, -0.05) is 0 Å². The topological polar surface area (TPSA) is 131 Å². The summed E-state index contributed by atoms with van der Waals surface area (Å²) in [6.07, 6.45) is 0. The van der Waals surface area contributed by atoms with Gasteiger partial charge in [0.15, 0.2) is 31.3 Å². The second-order valence-corrected chi connectivity index (χ2v) is 5.98. The summed E-state index contributed by atoms with van der Waals surface area (Å²) in [7, 11) is 1.25. The molecule has 11 heteroatoms. The highest BCUT2D eigenvalue weighted by Crippen LogP contribution is 2.31. The first-order valence-corrected chi connectivity index (χ1v) is 9.36. The van der Waals surface area contributed by atoms with Crippen LogP contribution in [0.25, 0.3) is 0 Å². The molecule has 0 saturated heterocycles. The van der Waals surface area contributed by atoms with E-state index in [0.29, 0.717) is 45.3 Å². The van der Waals surface area contributed by atoms with Crippen LogP contribution in [-0.2, 0) is 28.6 Å². The number of hydrogen-bond acceptors (Lipinski definition) is 9. The molecule has 0 saturated carbocycles. The second kappa shape index (κ2) is 13.2. The largest absolute Gasteiger partial charge is 0.482 e. The predicted molar refractivity (Wildman–Crippen MR) is 103 cm³/mol. The number of ether oxygens (including phenoxy) is 6. The highest BCUT2D eigenvalue weighted by atomic mass is 16.6. The lowest BCUT2D eigenvalue weighted by atomic mass is 10.3. The lowest BCUT2D eigenvalue weighted by Gasteiger charge is -2.15. The van der Waals surface area contributed by atoms with Gasteiger partial charge in [0, 0.05) is 19.2 Å². The molecule has 2 amide bonds. The number of benzene rings is 1. The molecule has 0 unspecified atom stereocenters. The highest BCUT2D eigenvalue weighted by molar-refractivity contribution is 5.78. The van der Waals surface area contributed by atoms with Crippen LogP contribution in [0.2, 0.25) is 0 Å². The van der Waals surface area contributed by atoms with Crippen LogP contribution in [0, 0.1) is 0 Å². The van der Waals surface area contributed by atoms with E-state index < -0.39 is 5.97 Å². The van der Waals surface area contributed by atoms with Gasteiger partial charge >= 0.3 is 5.97 Å². The fourth-order valence-corrected chi connectivity index (χ4v) is 2.25. The van der Waals surface area contributed by atoms with E-state index in [-0.39, 0.29) is 43.1 Å². The Kier molecular flexibility index (Phi) is 10.2. The van der Waals surface area contributed by atoms with Gasteiger partial charge in [-0.3, -0.25) is 9.59 Å². The number of rotatable bonds is 3. The van der Waals surface area contributed by atoms with Crippen LogP contribution in [0.5, 0.6) is 17.2 Å². The number of carbonyl (C=O) groups is 3. The third kappa shape index (κ3) is 8.97. The van der Waals surface area contributed by atoms with E-state index in [1.54, 1.807) is 6.07 Å². The zero-order valence-corrected chi connectivity index (χ0v) is 16.8. The molecule has 1 aliphatic rings. The number of fused-ring (bicyclic) bond motifs is 1. The molecule has 0 aliphatic carbocycles. The minimum Gasteiger partial charge on any atom is -0.482 e. The summed E-state index contributed by atoms with van der Waals surface area (Å²) in [6.45, 7) is 1.26. The van der Waals surface area contributed by atoms with Crippen LogP contribution >= 0.6 is 0 Å². The van der Waals surface area contributed by atoms with Crippen molar-refractivity contribution in [1.82, 2.24) is 10.6 Å². The lowest BCUT2D eigenvalue weighted by molar-refractivity contribution is -0.143. The van der Waals surface area contributed by atoms with Crippen molar-refractivity contribution in [2.45, 2.75) is 0 Å². The third-order valence-electron chi connectivity index (χ3n) is 3.73. The molecule has 0 fully saturated rings. The standard InChI is InChI=1S/C19H26N2O9/c1-25-19(24)13-28-14-2-3-15-16(10-14)30-12-18(23)21-5-7-27-9-8-26-6-4-20-17(22)11-29-15/h2-3,10H,4-9,11-13H2,1H3,(H,20,22)(H,21,23). The zero-order chi connectivity index (χ0) is 21.6. The maximum Gasteiger partial charge on any atom is 0.343 e. The van der Waals surface area contributed by atoms with Crippen LogP contribution in [-0.4, -0.2) is 84.2 Å². The van der Waals surface area contributed by atoms with E-state index in [2.05, 4.69) is 15.4 Å². The zero-order valence-electron chi connectivity index (χ0n) is 16.8. The lowest BCUT2D eigenvalue weighted by Crippen LogP contribution is -2.33. The molecule has 0 radical (unpaired) electrons. The van der Waals surface area contributed by atoms with Crippen LogP contribution in [0.3, 0.4) is 0 Å². The molecule has 1 aromatic carbocycles. The fraction of sp³-hybridized carbons (Fsp3) is 0.526. The molecular weight excluding hydrogens is 400 g/mol. The smallest absolute Gasteiger partial charge is 0.343 e. The van der Waals surface area contributed by atoms with Crippen LogP contribution in [0.15, 0.2) is 18.2 Å². The molecule has 0 atom stereocenters. The molecule has 30 heavy (non-hydrogen) atoms. The minimum atomic E-state index is -0.548. The highest BCUT2D eigenvalue weighted by Gasteiger charge is 2.13. The Morgan fingerprint density at radius 1 is 0.933 bits per heavy atom. The number of esters is 1. The van der Waals surface area contributed by atoms with Gasteiger partial charge in [-0.15, -0.1) is 0 Å². The number of methoxy groups -OCH3 is 1. The predicted octanol–water partition coefficient (Wildman–Crippen LogP) is -0.725. The summed E-state index contributed by atoms with van der Waals surface area (Å²) in [5.74, 6) is -0.523. The van der Waals surface area contributed by atoms with E-state index >= 15 is 0 Å². The quantitative estimate of drug-likeness (QED) is 0.601. The fourth-order valence-electron chi connectivity index (χ4n) is 2.25. The van der Waals surface area contributed by atoms with Gasteiger partial charge in [0.1, 0.15) is 5.75 Å². The first-order chi connectivity index (χ1) is 14.6. The van der Waals surface area contributed by atoms with Crippen molar-refractivity contribution in [2.75, 3.05) is 66.4 Å². The van der Waals surface area contributed by atoms with E-state index in [9.17, 15) is 14.4 Å². The van der Waals surface area contributed by atoms with Crippen LogP contribution < -0.4 is 24.8 Å². The molecule has 2 N–H and O–H groups in total. The van der Waals surface area contributed by atoms with Gasteiger partial charge in [-0.25, -0.2) is 4.79 Å². The molecule has 11 nitrogen and oxygen atoms in total. The molecule has 1 aromatic rings. The van der Waals surface area contributed by atoms with Crippen LogP contribution in [0.4, 0.5) is 0 Å². The monoisotopic (exact) mass is 426 g/mol. The van der Waals surface area contributed by atoms with E-state index in [1.165, 1.54) is 19.2 Å². The normalized spacial score (nSPS) is 17.0. The molecule has 0 bridgehead atoms. The van der Waals surface area contributed by atoms with Crippen molar-refractivity contribution in [1.29, 1.82) is 0 Å². The summed E-state index contributed by atoms with van der Waals surface area (Å²) in [5.41, 5.74) is 0. The van der Waals surface area contributed by atoms with Crippen molar-refractivity contribution in [3.05, 3.63) is 18.2 Å². The van der Waals surface area contributed by atoms with Crippen molar-refractivity contribution in [2.24, 2.45) is 0 Å². The number of amides is 2. The maximum absolute atomic E-state index is 12.0. The minimum absolute atomic E-state index is 0.181. The van der Waals surface area contributed by atoms with Gasteiger partial charge in [0.2, 0.25) is 0 Å². The number of hydrogen-bond donors (Lipinski definition) is 2. The maximum atomic E-state index is 12.0. The first kappa shape index (κ1) is 23.2. The summed E-state index contributed by atoms with van der Waals surface area (Å²) in [5, 5.41) is 5.32. The van der Waals surface area contributed by atoms with Crippen molar-refractivity contribution in [3.63, 3.8) is 0 Å². The van der Waals surface area contributed by atoms with E-state index in [0.717, 1.165) is 0 Å². The van der Waals surface area contributed by atoms with Crippen molar-refractivity contribution < 1.29 is 42.8 Å². The van der Waals surface area contributed by atoms with Gasteiger partial charge < -0.3 is 39.1 Å². The molecule has 0 spiro atoms. The van der Waals surface area contributed by atoms with Crippen LogP contribution in [0.1, 0.15) is 0 Å². The average molecular weight is 426 g/mol. The molecule has 1 heterocycles. The summed E-state index contributed by atoms with van der Waals surface area (Å²) in [6, 6.07) is 4.52. The van der Waals surface area contributed by atoms with Gasteiger partial charge in [0.05, 0.1) is 33.5 Å². The Labute approximate surface area is 173 Å². The number of carbonyl (C=O) groups excluding carboxylic acids is 3. The Morgan fingerprint density at radius 2 is 1.53 bits per heavy atom. The average Bonchev–Trinajstić information content (AvgIpc) is 2.75. The Hall–Kier alpha value is -3.05. The molecule has 1 aliphatic heterocycles. The Balaban J connectivity index is 2.05. The molecule has 166 valence electrons. The van der Waals surface area contributed by atoms with Crippen molar-refractivity contribution >= 4 is 17.8 Å². The summed E-state index contributed by atoms with van der Waals surface area (Å²) < 4.78 is 31.5. The summed E-state index contributed by atoms with van der Waals surface area (Å²) >= 11 is 0. The van der Waals surface area contributed by atoms with Crippen molar-refractivity contribution in [3.8, 4) is 17.2 Å². The van der Waals surface area contributed by atoms with E-state index in [1.807, 2.05) is 0 Å². The Morgan fingerprint density at radius 3 is 2.13 bits per heavy atom. The molecule has 0 aromatic heterocycles. The second-order valence-electron chi connectivity index (χ2n) is 5.98. The third-order valence-corrected chi connectivity index (χ3v) is 3.73. The number of nitrogens with one attached hydrogen (secondary N) is 2. The molecule has 2 rings (SSSR count). The van der Waals surface area contributed by atoms with Gasteiger partial charge in [-0.2, -0.15) is 0 Å².